The first-order chi connectivity index (χ1) is 11.9. The molecule has 0 bridgehead atoms. The predicted molar refractivity (Wildman–Crippen MR) is 95.9 cm³/mol. The third-order valence-corrected chi connectivity index (χ3v) is 4.83. The summed E-state index contributed by atoms with van der Waals surface area (Å²) < 4.78 is 12.7. The Balaban J connectivity index is 1.66. The minimum Gasteiger partial charge on any atom is -0.350 e. The molecule has 0 radical (unpaired) electrons. The van der Waals surface area contributed by atoms with Crippen molar-refractivity contribution in [2.24, 2.45) is 7.05 Å². The average Bonchev–Trinajstić information content (AvgIpc) is 3.16. The molecule has 0 aliphatic carbocycles. The molecule has 2 heterocycles. The Hall–Kier alpha value is -1.60. The molecule has 1 saturated heterocycles. The normalized spacial score (nSPS) is 16.2. The Bertz CT molecular complexity index is 785. The van der Waals surface area contributed by atoms with E-state index in [1.807, 2.05) is 13.0 Å². The van der Waals surface area contributed by atoms with Gasteiger partial charge >= 0.3 is 0 Å². The Morgan fingerprint density at radius 3 is 2.68 bits per heavy atom. The van der Waals surface area contributed by atoms with Crippen molar-refractivity contribution in [2.45, 2.75) is 19.1 Å². The van der Waals surface area contributed by atoms with Gasteiger partial charge in [0.1, 0.15) is 0 Å². The fourth-order valence-electron chi connectivity index (χ4n) is 2.70. The summed E-state index contributed by atoms with van der Waals surface area (Å²) in [5.74, 6) is -0.869. The van der Waals surface area contributed by atoms with Crippen LogP contribution in [0.5, 0.6) is 0 Å². The third-order valence-electron chi connectivity index (χ3n) is 4.09. The van der Waals surface area contributed by atoms with E-state index in [9.17, 15) is 4.79 Å². The average molecular weight is 384 g/mol. The van der Waals surface area contributed by atoms with Crippen LogP contribution in [-0.2, 0) is 16.5 Å². The second kappa shape index (κ2) is 7.33. The van der Waals surface area contributed by atoms with Gasteiger partial charge in [0.05, 0.1) is 29.0 Å². The van der Waals surface area contributed by atoms with E-state index in [0.717, 1.165) is 11.3 Å². The highest BCUT2D eigenvalue weighted by molar-refractivity contribution is 6.42. The van der Waals surface area contributed by atoms with Gasteiger partial charge < -0.3 is 14.8 Å². The molecule has 1 amide bonds. The summed E-state index contributed by atoms with van der Waals surface area (Å²) in [6, 6.07) is 7.02. The number of hydrogen-bond acceptors (Lipinski definition) is 4. The molecule has 1 N–H and O–H groups in total. The van der Waals surface area contributed by atoms with Gasteiger partial charge in [0, 0.05) is 25.6 Å². The molecule has 1 aliphatic rings. The van der Waals surface area contributed by atoms with Crippen LogP contribution in [0.15, 0.2) is 24.3 Å². The van der Waals surface area contributed by atoms with Gasteiger partial charge in [-0.2, -0.15) is 5.10 Å². The first-order valence-electron chi connectivity index (χ1n) is 7.93. The maximum absolute atomic E-state index is 12.3. The van der Waals surface area contributed by atoms with Gasteiger partial charge in [-0.25, -0.2) is 0 Å². The number of rotatable bonds is 5. The van der Waals surface area contributed by atoms with Crippen LogP contribution in [0.25, 0.3) is 11.3 Å². The van der Waals surface area contributed by atoms with Gasteiger partial charge in [-0.15, -0.1) is 0 Å². The molecule has 1 aliphatic heterocycles. The molecule has 6 nitrogen and oxygen atoms in total. The SMILES string of the molecule is Cn1nc(C(=O)NCCC2(C)OCCO2)cc1-c1ccc(Cl)c(Cl)c1. The van der Waals surface area contributed by atoms with Crippen LogP contribution < -0.4 is 5.32 Å². The summed E-state index contributed by atoms with van der Waals surface area (Å²) in [6.07, 6.45) is 0.575. The highest BCUT2D eigenvalue weighted by Crippen LogP contribution is 2.28. The number of carbonyl (C=O) groups is 1. The summed E-state index contributed by atoms with van der Waals surface area (Å²) in [6.45, 7) is 3.47. The molecular formula is C17H19Cl2N3O3. The number of hydrogen-bond donors (Lipinski definition) is 1. The van der Waals surface area contributed by atoms with Crippen LogP contribution in [0.4, 0.5) is 0 Å². The van der Waals surface area contributed by atoms with E-state index in [-0.39, 0.29) is 5.91 Å². The van der Waals surface area contributed by atoms with Gasteiger partial charge in [-0.1, -0.05) is 29.3 Å². The molecule has 1 aromatic heterocycles. The van der Waals surface area contributed by atoms with Crippen molar-refractivity contribution in [3.8, 4) is 11.3 Å². The molecule has 25 heavy (non-hydrogen) atoms. The lowest BCUT2D eigenvalue weighted by Gasteiger charge is -2.21. The maximum Gasteiger partial charge on any atom is 0.271 e. The summed E-state index contributed by atoms with van der Waals surface area (Å²) in [7, 11) is 1.77. The van der Waals surface area contributed by atoms with E-state index in [4.69, 9.17) is 32.7 Å². The first kappa shape index (κ1) is 18.2. The van der Waals surface area contributed by atoms with Crippen LogP contribution >= 0.6 is 23.2 Å². The summed E-state index contributed by atoms with van der Waals surface area (Å²) >= 11 is 12.0. The monoisotopic (exact) mass is 383 g/mol. The van der Waals surface area contributed by atoms with Crippen molar-refractivity contribution in [3.63, 3.8) is 0 Å². The van der Waals surface area contributed by atoms with E-state index in [1.165, 1.54) is 0 Å². The standard InChI is InChI=1S/C17H19Cl2N3O3/c1-17(24-7-8-25-17)5-6-20-16(23)14-10-15(22(2)21-14)11-3-4-12(18)13(19)9-11/h3-4,9-10H,5-8H2,1-2H3,(H,20,23). The number of amides is 1. The van der Waals surface area contributed by atoms with Crippen LogP contribution in [0, 0.1) is 0 Å². The quantitative estimate of drug-likeness (QED) is 0.860. The predicted octanol–water partition coefficient (Wildman–Crippen LogP) is 3.28. The molecule has 8 heteroatoms. The van der Waals surface area contributed by atoms with Crippen LogP contribution in [0.3, 0.4) is 0 Å². The number of carbonyl (C=O) groups excluding carboxylic acids is 1. The molecular weight excluding hydrogens is 365 g/mol. The van der Waals surface area contributed by atoms with Gasteiger partial charge in [-0.3, -0.25) is 9.48 Å². The Kier molecular flexibility index (Phi) is 5.34. The van der Waals surface area contributed by atoms with E-state index in [2.05, 4.69) is 10.4 Å². The molecule has 2 aromatic rings. The van der Waals surface area contributed by atoms with Gasteiger partial charge in [0.2, 0.25) is 0 Å². The molecule has 1 aromatic carbocycles. The number of ether oxygens (including phenoxy) is 2. The second-order valence-electron chi connectivity index (χ2n) is 6.00. The third kappa shape index (κ3) is 4.15. The number of benzene rings is 1. The van der Waals surface area contributed by atoms with Crippen molar-refractivity contribution in [1.82, 2.24) is 15.1 Å². The minimum absolute atomic E-state index is 0.247. The first-order valence-corrected chi connectivity index (χ1v) is 8.69. The van der Waals surface area contributed by atoms with Crippen molar-refractivity contribution in [3.05, 3.63) is 40.0 Å². The van der Waals surface area contributed by atoms with Crippen LogP contribution in [-0.4, -0.2) is 41.2 Å². The fraction of sp³-hybridized carbons (Fsp3) is 0.412. The van der Waals surface area contributed by atoms with Crippen LogP contribution in [0.1, 0.15) is 23.8 Å². The molecule has 0 spiro atoms. The van der Waals surface area contributed by atoms with Gasteiger partial charge in [-0.05, 0) is 25.1 Å². The number of nitrogens with one attached hydrogen (secondary N) is 1. The van der Waals surface area contributed by atoms with Crippen LogP contribution in [0.2, 0.25) is 10.0 Å². The van der Waals surface area contributed by atoms with Crippen molar-refractivity contribution >= 4 is 29.1 Å². The zero-order chi connectivity index (χ0) is 18.0. The zero-order valence-corrected chi connectivity index (χ0v) is 15.5. The highest BCUT2D eigenvalue weighted by Gasteiger charge is 2.30. The van der Waals surface area contributed by atoms with Crippen molar-refractivity contribution < 1.29 is 14.3 Å². The second-order valence-corrected chi connectivity index (χ2v) is 6.82. The fourth-order valence-corrected chi connectivity index (χ4v) is 3.00. The molecule has 134 valence electrons. The Labute approximate surface area is 156 Å². The van der Waals surface area contributed by atoms with E-state index in [1.54, 1.807) is 29.9 Å². The van der Waals surface area contributed by atoms with Gasteiger partial charge in [0.15, 0.2) is 11.5 Å². The summed E-state index contributed by atoms with van der Waals surface area (Å²) in [5.41, 5.74) is 1.95. The Morgan fingerprint density at radius 1 is 1.28 bits per heavy atom. The minimum atomic E-state index is -0.622. The molecule has 3 rings (SSSR count). The number of halogens is 2. The number of nitrogens with zero attached hydrogens (tertiary/aromatic N) is 2. The van der Waals surface area contributed by atoms with E-state index >= 15 is 0 Å². The van der Waals surface area contributed by atoms with E-state index < -0.39 is 5.79 Å². The summed E-state index contributed by atoms with van der Waals surface area (Å²) in [5, 5.41) is 8.05. The topological polar surface area (TPSA) is 65.4 Å². The Morgan fingerprint density at radius 2 is 2.00 bits per heavy atom. The zero-order valence-electron chi connectivity index (χ0n) is 14.0. The largest absolute Gasteiger partial charge is 0.350 e. The molecule has 0 saturated carbocycles. The highest BCUT2D eigenvalue weighted by atomic mass is 35.5. The number of aromatic nitrogens is 2. The number of aryl methyl sites for hydroxylation is 1. The lowest BCUT2D eigenvalue weighted by atomic mass is 10.1. The van der Waals surface area contributed by atoms with Crippen molar-refractivity contribution in [2.75, 3.05) is 19.8 Å². The molecule has 0 atom stereocenters. The van der Waals surface area contributed by atoms with E-state index in [0.29, 0.717) is 41.9 Å². The lowest BCUT2D eigenvalue weighted by molar-refractivity contribution is -0.145. The maximum atomic E-state index is 12.3. The smallest absolute Gasteiger partial charge is 0.271 e. The van der Waals surface area contributed by atoms with Gasteiger partial charge in [0.25, 0.3) is 5.91 Å². The molecule has 1 fully saturated rings. The van der Waals surface area contributed by atoms with Crippen molar-refractivity contribution in [1.29, 1.82) is 0 Å². The summed E-state index contributed by atoms with van der Waals surface area (Å²) in [4.78, 5) is 12.3. The molecule has 0 unspecified atom stereocenters. The lowest BCUT2D eigenvalue weighted by Crippen LogP contribution is -2.33.